The maximum Gasteiger partial charge on any atom is 0.460 e. The summed E-state index contributed by atoms with van der Waals surface area (Å²) in [4.78, 5) is 12.5. The van der Waals surface area contributed by atoms with E-state index in [2.05, 4.69) is 4.99 Å². The third-order valence-electron chi connectivity index (χ3n) is 8.63. The fourth-order valence-corrected chi connectivity index (χ4v) is 5.88. The number of alkyl halides is 20. The van der Waals surface area contributed by atoms with Crippen molar-refractivity contribution in [2.24, 2.45) is 4.99 Å². The zero-order chi connectivity index (χ0) is 49.7. The van der Waals surface area contributed by atoms with Crippen LogP contribution in [0.15, 0.2) is 65.7 Å². The summed E-state index contributed by atoms with van der Waals surface area (Å²) in [7, 11) is 0. The molecule has 0 aliphatic carbocycles. The molecule has 0 amide bonds. The number of benzene rings is 4. The van der Waals surface area contributed by atoms with Crippen molar-refractivity contribution in [1.29, 1.82) is 0 Å². The van der Waals surface area contributed by atoms with Crippen LogP contribution in [0.3, 0.4) is 0 Å². The predicted molar refractivity (Wildman–Crippen MR) is 192 cm³/mol. The van der Waals surface area contributed by atoms with Crippen molar-refractivity contribution in [2.75, 3.05) is 11.5 Å². The SMILES string of the molecule is Cc1ccc(-c2cc(N)c(N)cc2Cl)c(C(F)(F)F)c1.Cc1ccc(-c2cc3c(cc2Cl)N=C(C(F)(F)C(F)(F)C(F)(F)F)C3)c(C(F)(F)F)c1.O=C(O)C(F)(F)C(F)(F)C(F)(F)F. The molecule has 0 fully saturated rings. The topological polar surface area (TPSA) is 102 Å². The monoisotopic (exact) mass is 991 g/mol. The van der Waals surface area contributed by atoms with Crippen LogP contribution in [0, 0.1) is 13.8 Å². The third kappa shape index (κ3) is 10.7. The van der Waals surface area contributed by atoms with Crippen molar-refractivity contribution in [3.8, 4) is 22.3 Å². The highest BCUT2D eigenvalue weighted by molar-refractivity contribution is 6.34. The molecule has 0 unspecified atom stereocenters. The number of hydrogen-bond acceptors (Lipinski definition) is 4. The molecule has 0 saturated carbocycles. The largest absolute Gasteiger partial charge is 0.477 e. The Morgan fingerprint density at radius 1 is 0.562 bits per heavy atom. The molecule has 1 aliphatic rings. The Labute approximate surface area is 355 Å². The Bertz CT molecular complexity index is 2440. The maximum absolute atomic E-state index is 14.0. The zero-order valence-corrected chi connectivity index (χ0v) is 32.8. The van der Waals surface area contributed by atoms with Gasteiger partial charge in [-0.05, 0) is 66.9 Å². The minimum atomic E-state index is -6.60. The first-order valence-electron chi connectivity index (χ1n) is 16.6. The molecular formula is C37H23Cl2F20N3O2. The van der Waals surface area contributed by atoms with Crippen molar-refractivity contribution in [3.05, 3.63) is 98.5 Å². The van der Waals surface area contributed by atoms with E-state index in [4.69, 9.17) is 39.8 Å². The van der Waals surface area contributed by atoms with Crippen LogP contribution in [0.4, 0.5) is 105 Å². The summed E-state index contributed by atoms with van der Waals surface area (Å²) in [6.07, 6.45) is -23.5. The summed E-state index contributed by atoms with van der Waals surface area (Å²) in [6.45, 7) is 3.00. The molecule has 0 radical (unpaired) electrons. The lowest BCUT2D eigenvalue weighted by atomic mass is 9.94. The Balaban J connectivity index is 0.000000283. The second-order valence-electron chi connectivity index (χ2n) is 13.3. The van der Waals surface area contributed by atoms with Crippen molar-refractivity contribution in [3.63, 3.8) is 0 Å². The number of anilines is 2. The number of rotatable bonds is 6. The molecule has 5 rings (SSSR count). The number of nitrogens with zero attached hydrogens (tertiary/aromatic N) is 1. The summed E-state index contributed by atoms with van der Waals surface area (Å²) in [5, 5.41) is 7.17. The van der Waals surface area contributed by atoms with Crippen LogP contribution >= 0.6 is 23.2 Å². The number of carboxylic acid groups (broad SMARTS) is 1. The molecule has 64 heavy (non-hydrogen) atoms. The Morgan fingerprint density at radius 2 is 0.953 bits per heavy atom. The molecule has 0 spiro atoms. The lowest BCUT2D eigenvalue weighted by molar-refractivity contribution is -0.347. The van der Waals surface area contributed by atoms with E-state index in [0.717, 1.165) is 30.3 Å². The van der Waals surface area contributed by atoms with E-state index in [0.29, 0.717) is 5.56 Å². The van der Waals surface area contributed by atoms with Gasteiger partial charge in [0.25, 0.3) is 0 Å². The van der Waals surface area contributed by atoms with Crippen molar-refractivity contribution in [1.82, 2.24) is 0 Å². The number of fused-ring (bicyclic) bond motifs is 1. The van der Waals surface area contributed by atoms with E-state index in [1.165, 1.54) is 31.2 Å². The lowest BCUT2D eigenvalue weighted by Gasteiger charge is -2.28. The summed E-state index contributed by atoms with van der Waals surface area (Å²) in [6, 6.07) is 11.8. The van der Waals surface area contributed by atoms with Crippen molar-refractivity contribution >= 4 is 51.9 Å². The minimum absolute atomic E-state index is 0.0141. The van der Waals surface area contributed by atoms with Gasteiger partial charge < -0.3 is 16.6 Å². The van der Waals surface area contributed by atoms with Gasteiger partial charge in [-0.3, -0.25) is 4.99 Å². The van der Waals surface area contributed by atoms with Gasteiger partial charge in [-0.25, -0.2) is 4.79 Å². The predicted octanol–water partition coefficient (Wildman–Crippen LogP) is 14.2. The highest BCUT2D eigenvalue weighted by atomic mass is 35.5. The molecule has 352 valence electrons. The average molecular weight is 992 g/mol. The smallest absolute Gasteiger partial charge is 0.460 e. The van der Waals surface area contributed by atoms with Gasteiger partial charge in [-0.2, -0.15) is 87.8 Å². The van der Waals surface area contributed by atoms with Gasteiger partial charge in [0.15, 0.2) is 0 Å². The number of nitrogen functional groups attached to an aromatic ring is 2. The van der Waals surface area contributed by atoms with E-state index < -0.39 is 88.9 Å². The number of carboxylic acids is 1. The molecule has 27 heteroatoms. The normalized spacial score (nSPS) is 13.9. The summed E-state index contributed by atoms with van der Waals surface area (Å²) >= 11 is 12.0. The van der Waals surface area contributed by atoms with Gasteiger partial charge in [-0.1, -0.05) is 58.6 Å². The summed E-state index contributed by atoms with van der Waals surface area (Å²) in [5.41, 5.74) is 7.70. The number of nitrogens with two attached hydrogens (primary N) is 2. The quantitative estimate of drug-likeness (QED) is 0.132. The van der Waals surface area contributed by atoms with Crippen LogP contribution in [-0.2, 0) is 23.6 Å². The Morgan fingerprint density at radius 3 is 1.33 bits per heavy atom. The number of aliphatic carboxylic acids is 1. The van der Waals surface area contributed by atoms with Crippen LogP contribution in [-0.4, -0.2) is 52.8 Å². The second kappa shape index (κ2) is 17.6. The standard InChI is InChI=1S/C19H10ClF10N.C14H12ClF3N2.C4HF7O2/c1-8-2-3-10(12(4-8)17(23,24)25)11-5-9-6-15(31-14(9)7-13(11)20)16(21,22)18(26,27)19(28,29)30;1-7-2-3-8(10(4-7)14(16,17)18)9-5-12(19)13(20)6-11(9)15;5-2(6,1(12)13)3(7,8)4(9,10)11/h2-5,7H,6H2,1H3;2-6H,19-20H2,1H3;(H,12,13). The highest BCUT2D eigenvalue weighted by Crippen LogP contribution is 2.51. The molecule has 4 aromatic rings. The van der Waals surface area contributed by atoms with E-state index in [-0.39, 0.29) is 49.2 Å². The van der Waals surface area contributed by atoms with Gasteiger partial charge in [0.1, 0.15) is 0 Å². The fraction of sp³-hybridized carbons (Fsp3) is 0.297. The molecule has 5 nitrogen and oxygen atoms in total. The van der Waals surface area contributed by atoms with E-state index in [9.17, 15) is 92.6 Å². The van der Waals surface area contributed by atoms with Gasteiger partial charge in [0, 0.05) is 17.5 Å². The second-order valence-corrected chi connectivity index (χ2v) is 14.2. The molecule has 1 aliphatic heterocycles. The first-order chi connectivity index (χ1) is 28.6. The molecule has 0 saturated heterocycles. The molecule has 0 atom stereocenters. The van der Waals surface area contributed by atoms with Crippen LogP contribution in [0.5, 0.6) is 0 Å². The Kier molecular flexibility index (Phi) is 14.7. The van der Waals surface area contributed by atoms with E-state index in [1.54, 1.807) is 13.0 Å². The average Bonchev–Trinajstić information content (AvgIpc) is 3.55. The minimum Gasteiger partial charge on any atom is -0.477 e. The molecule has 0 bridgehead atoms. The van der Waals surface area contributed by atoms with Crippen molar-refractivity contribution in [2.45, 2.75) is 68.7 Å². The first-order valence-corrected chi connectivity index (χ1v) is 17.4. The van der Waals surface area contributed by atoms with E-state index >= 15 is 0 Å². The zero-order valence-electron chi connectivity index (χ0n) is 31.3. The van der Waals surface area contributed by atoms with Crippen LogP contribution in [0.1, 0.15) is 27.8 Å². The van der Waals surface area contributed by atoms with Crippen LogP contribution in [0.2, 0.25) is 10.0 Å². The molecule has 0 aromatic heterocycles. The number of aryl methyl sites for hydroxylation is 2. The number of hydrogen-bond donors (Lipinski definition) is 3. The summed E-state index contributed by atoms with van der Waals surface area (Å²) < 4.78 is 252. The molecule has 1 heterocycles. The van der Waals surface area contributed by atoms with Gasteiger partial charge in [-0.15, -0.1) is 0 Å². The van der Waals surface area contributed by atoms with Gasteiger partial charge in [0.05, 0.1) is 43.9 Å². The third-order valence-corrected chi connectivity index (χ3v) is 9.25. The van der Waals surface area contributed by atoms with Gasteiger partial charge >= 0.3 is 54.4 Å². The van der Waals surface area contributed by atoms with Crippen LogP contribution < -0.4 is 11.5 Å². The fourth-order valence-electron chi connectivity index (χ4n) is 5.34. The number of aliphatic imine (C=N–C) groups is 1. The number of halogens is 22. The van der Waals surface area contributed by atoms with E-state index in [1.807, 2.05) is 0 Å². The molecular weight excluding hydrogens is 969 g/mol. The molecule has 4 aromatic carbocycles. The maximum atomic E-state index is 14.0. The van der Waals surface area contributed by atoms with Crippen LogP contribution in [0.25, 0.3) is 22.3 Å². The lowest BCUT2D eigenvalue weighted by Crippen LogP contribution is -2.56. The number of carbonyl (C=O) groups is 1. The van der Waals surface area contributed by atoms with Crippen molar-refractivity contribution < 1.29 is 97.7 Å². The first kappa shape index (κ1) is 53.1. The summed E-state index contributed by atoms with van der Waals surface area (Å²) in [5.74, 6) is -28.3. The molecule has 5 N–H and O–H groups in total. The highest BCUT2D eigenvalue weighted by Gasteiger charge is 2.77. The van der Waals surface area contributed by atoms with Gasteiger partial charge in [0.2, 0.25) is 0 Å². The Hall–Kier alpha value is -5.20.